The number of anilines is 1. The first-order chi connectivity index (χ1) is 10.8. The van der Waals surface area contributed by atoms with Gasteiger partial charge in [-0.15, -0.1) is 0 Å². The molecule has 1 aliphatic heterocycles. The van der Waals surface area contributed by atoms with Crippen LogP contribution in [0.15, 0.2) is 17.0 Å². The van der Waals surface area contributed by atoms with E-state index in [1.165, 1.54) is 37.6 Å². The summed E-state index contributed by atoms with van der Waals surface area (Å²) in [6.45, 7) is 3.71. The van der Waals surface area contributed by atoms with Crippen LogP contribution in [0.3, 0.4) is 0 Å². The predicted octanol–water partition coefficient (Wildman–Crippen LogP) is 1.84. The summed E-state index contributed by atoms with van der Waals surface area (Å²) >= 11 is 0. The Bertz CT molecular complexity index is 702. The number of ether oxygens (including phenoxy) is 2. The molecular weight excluding hydrogens is 320 g/mol. The number of hydrogen-bond acceptors (Lipinski definition) is 5. The van der Waals surface area contributed by atoms with E-state index >= 15 is 0 Å². The van der Waals surface area contributed by atoms with Crippen LogP contribution in [-0.4, -0.2) is 45.4 Å². The second kappa shape index (κ2) is 6.76. The molecule has 0 radical (unpaired) electrons. The lowest BCUT2D eigenvalue weighted by molar-refractivity contribution is -0.114. The number of nitrogens with one attached hydrogen (secondary N) is 1. The first kappa shape index (κ1) is 17.6. The molecule has 0 aromatic heterocycles. The maximum absolute atomic E-state index is 13.0. The van der Waals surface area contributed by atoms with E-state index in [0.717, 1.165) is 12.8 Å². The molecule has 1 aliphatic rings. The highest BCUT2D eigenvalue weighted by Crippen LogP contribution is 2.38. The van der Waals surface area contributed by atoms with Gasteiger partial charge in [-0.25, -0.2) is 8.42 Å². The van der Waals surface area contributed by atoms with E-state index in [9.17, 15) is 13.2 Å². The van der Waals surface area contributed by atoms with E-state index in [1.54, 1.807) is 0 Å². The van der Waals surface area contributed by atoms with Gasteiger partial charge in [-0.05, 0) is 25.8 Å². The Morgan fingerprint density at radius 1 is 1.26 bits per heavy atom. The number of carbonyl (C=O) groups is 1. The topological polar surface area (TPSA) is 84.9 Å². The van der Waals surface area contributed by atoms with Gasteiger partial charge in [-0.2, -0.15) is 4.31 Å². The van der Waals surface area contributed by atoms with Gasteiger partial charge in [0.2, 0.25) is 15.9 Å². The summed E-state index contributed by atoms with van der Waals surface area (Å²) in [4.78, 5) is 11.4. The number of rotatable bonds is 5. The minimum Gasteiger partial charge on any atom is -0.495 e. The second-order valence-corrected chi connectivity index (χ2v) is 7.35. The van der Waals surface area contributed by atoms with E-state index in [2.05, 4.69) is 5.32 Å². The van der Waals surface area contributed by atoms with Gasteiger partial charge in [0.05, 0.1) is 19.9 Å². The van der Waals surface area contributed by atoms with Crippen molar-refractivity contribution in [1.29, 1.82) is 0 Å². The fourth-order valence-electron chi connectivity index (χ4n) is 2.75. The molecule has 1 atom stereocenters. The Balaban J connectivity index is 2.57. The number of benzene rings is 1. The summed E-state index contributed by atoms with van der Waals surface area (Å²) in [5.41, 5.74) is 0.297. The SMILES string of the molecule is COc1cc(OC)c(S(=O)(=O)N2CCC[C@H]2C)cc1NC(C)=O. The third-order valence-corrected chi connectivity index (χ3v) is 5.91. The molecule has 1 N–H and O–H groups in total. The quantitative estimate of drug-likeness (QED) is 0.882. The minimum atomic E-state index is -3.71. The van der Waals surface area contributed by atoms with Gasteiger partial charge in [-0.3, -0.25) is 4.79 Å². The zero-order valence-corrected chi connectivity index (χ0v) is 14.6. The van der Waals surface area contributed by atoms with Crippen LogP contribution in [0.5, 0.6) is 11.5 Å². The fourth-order valence-corrected chi connectivity index (χ4v) is 4.61. The van der Waals surface area contributed by atoms with Crippen LogP contribution in [-0.2, 0) is 14.8 Å². The van der Waals surface area contributed by atoms with E-state index in [0.29, 0.717) is 18.0 Å². The first-order valence-corrected chi connectivity index (χ1v) is 8.80. The predicted molar refractivity (Wildman–Crippen MR) is 86.4 cm³/mol. The molecule has 8 heteroatoms. The second-order valence-electron chi connectivity index (χ2n) is 5.49. The third kappa shape index (κ3) is 3.42. The van der Waals surface area contributed by atoms with E-state index in [1.807, 2.05) is 6.92 Å². The number of carbonyl (C=O) groups excluding carboxylic acids is 1. The zero-order valence-electron chi connectivity index (χ0n) is 13.8. The summed E-state index contributed by atoms with van der Waals surface area (Å²) in [7, 11) is -0.869. The van der Waals surface area contributed by atoms with Crippen LogP contribution in [0.25, 0.3) is 0 Å². The maximum atomic E-state index is 13.0. The highest BCUT2D eigenvalue weighted by Gasteiger charge is 2.35. The highest BCUT2D eigenvalue weighted by molar-refractivity contribution is 7.89. The molecule has 2 rings (SSSR count). The lowest BCUT2D eigenvalue weighted by Gasteiger charge is -2.23. The van der Waals surface area contributed by atoms with Crippen LogP contribution in [0.1, 0.15) is 26.7 Å². The number of amides is 1. The molecule has 1 fully saturated rings. The van der Waals surface area contributed by atoms with Crippen molar-refractivity contribution in [1.82, 2.24) is 4.31 Å². The molecule has 128 valence electrons. The molecule has 0 bridgehead atoms. The van der Waals surface area contributed by atoms with Crippen LogP contribution in [0.2, 0.25) is 0 Å². The van der Waals surface area contributed by atoms with Crippen molar-refractivity contribution in [2.45, 2.75) is 37.6 Å². The Morgan fingerprint density at radius 3 is 2.39 bits per heavy atom. The largest absolute Gasteiger partial charge is 0.495 e. The van der Waals surface area contributed by atoms with Crippen LogP contribution >= 0.6 is 0 Å². The Kier molecular flexibility index (Phi) is 5.16. The molecule has 7 nitrogen and oxygen atoms in total. The zero-order chi connectivity index (χ0) is 17.2. The molecule has 0 aliphatic carbocycles. The van der Waals surface area contributed by atoms with Crippen molar-refractivity contribution >= 4 is 21.6 Å². The molecule has 1 heterocycles. The highest BCUT2D eigenvalue weighted by atomic mass is 32.2. The smallest absolute Gasteiger partial charge is 0.247 e. The summed E-state index contributed by atoms with van der Waals surface area (Å²) in [5, 5.41) is 2.59. The molecular formula is C15H22N2O5S. The molecule has 1 amide bonds. The van der Waals surface area contributed by atoms with Crippen molar-refractivity contribution < 1.29 is 22.7 Å². The van der Waals surface area contributed by atoms with Gasteiger partial charge < -0.3 is 14.8 Å². The van der Waals surface area contributed by atoms with Gasteiger partial charge in [0.15, 0.2) is 0 Å². The molecule has 0 spiro atoms. The van der Waals surface area contributed by atoms with E-state index in [-0.39, 0.29) is 22.6 Å². The molecule has 1 saturated heterocycles. The molecule has 1 aromatic rings. The Hall–Kier alpha value is -1.80. The van der Waals surface area contributed by atoms with Crippen molar-refractivity contribution in [3.63, 3.8) is 0 Å². The Morgan fingerprint density at radius 2 is 1.91 bits per heavy atom. The summed E-state index contributed by atoms with van der Waals surface area (Å²) < 4.78 is 37.8. The van der Waals surface area contributed by atoms with Crippen molar-refractivity contribution in [2.75, 3.05) is 26.1 Å². The monoisotopic (exact) mass is 342 g/mol. The first-order valence-electron chi connectivity index (χ1n) is 7.36. The van der Waals surface area contributed by atoms with Gasteiger partial charge in [0, 0.05) is 25.6 Å². The number of sulfonamides is 1. The maximum Gasteiger partial charge on any atom is 0.247 e. The van der Waals surface area contributed by atoms with Crippen LogP contribution < -0.4 is 14.8 Å². The molecule has 0 saturated carbocycles. The van der Waals surface area contributed by atoms with Gasteiger partial charge in [0.1, 0.15) is 16.4 Å². The summed E-state index contributed by atoms with van der Waals surface area (Å²) in [6, 6.07) is 2.80. The lowest BCUT2D eigenvalue weighted by atomic mass is 10.2. The molecule has 1 aromatic carbocycles. The van der Waals surface area contributed by atoms with E-state index in [4.69, 9.17) is 9.47 Å². The van der Waals surface area contributed by atoms with Gasteiger partial charge in [0.25, 0.3) is 0 Å². The van der Waals surface area contributed by atoms with Crippen molar-refractivity contribution in [3.05, 3.63) is 12.1 Å². The summed E-state index contributed by atoms with van der Waals surface area (Å²) in [5.74, 6) is 0.215. The number of nitrogens with zero attached hydrogens (tertiary/aromatic N) is 1. The fraction of sp³-hybridized carbons (Fsp3) is 0.533. The van der Waals surface area contributed by atoms with Crippen LogP contribution in [0.4, 0.5) is 5.69 Å². The summed E-state index contributed by atoms with van der Waals surface area (Å²) in [6.07, 6.45) is 1.66. The van der Waals surface area contributed by atoms with Crippen molar-refractivity contribution in [3.8, 4) is 11.5 Å². The third-order valence-electron chi connectivity index (χ3n) is 3.88. The van der Waals surface area contributed by atoms with Crippen molar-refractivity contribution in [2.24, 2.45) is 0 Å². The number of hydrogen-bond donors (Lipinski definition) is 1. The lowest BCUT2D eigenvalue weighted by Crippen LogP contribution is -2.34. The molecule has 0 unspecified atom stereocenters. The number of methoxy groups -OCH3 is 2. The normalized spacial score (nSPS) is 18.7. The average Bonchev–Trinajstić information content (AvgIpc) is 2.93. The Labute approximate surface area is 136 Å². The van der Waals surface area contributed by atoms with Crippen LogP contribution in [0, 0.1) is 0 Å². The van der Waals surface area contributed by atoms with E-state index < -0.39 is 10.0 Å². The van der Waals surface area contributed by atoms with Gasteiger partial charge in [-0.1, -0.05) is 0 Å². The minimum absolute atomic E-state index is 0.0262. The van der Waals surface area contributed by atoms with Gasteiger partial charge >= 0.3 is 0 Å². The molecule has 23 heavy (non-hydrogen) atoms. The standard InChI is InChI=1S/C15H22N2O5S/c1-10-6-5-7-17(10)23(19,20)15-8-12(16-11(2)18)13(21-3)9-14(15)22-4/h8-10H,5-7H2,1-4H3,(H,16,18)/t10-/m1/s1. The average molecular weight is 342 g/mol.